The summed E-state index contributed by atoms with van der Waals surface area (Å²) in [6.45, 7) is 5.96. The number of aryl methyl sites for hydroxylation is 2. The Labute approximate surface area is 228 Å². The fraction of sp³-hybridized carbons (Fsp3) is 0.250. The van der Waals surface area contributed by atoms with E-state index in [9.17, 15) is 14.4 Å². The predicted octanol–water partition coefficient (Wildman–Crippen LogP) is 3.74. The molecule has 0 unspecified atom stereocenters. The number of hydrogen-bond acceptors (Lipinski definition) is 5. The van der Waals surface area contributed by atoms with E-state index in [0.717, 1.165) is 15.7 Å². The number of hydrogen-bond donors (Lipinski definition) is 1. The number of carbonyl (C=O) groups is 2. The molecule has 0 bridgehead atoms. The molecule has 0 saturated carbocycles. The van der Waals surface area contributed by atoms with Crippen molar-refractivity contribution in [2.24, 2.45) is 0 Å². The fourth-order valence-electron chi connectivity index (χ4n) is 4.68. The molecule has 4 aromatic rings. The van der Waals surface area contributed by atoms with Crippen LogP contribution in [-0.2, 0) is 13.0 Å². The zero-order chi connectivity index (χ0) is 27.1. The maximum absolute atomic E-state index is 14.0. The third-order valence-corrected chi connectivity index (χ3v) is 7.69. The number of fused-ring (bicyclic) bond motifs is 1. The highest BCUT2D eigenvalue weighted by Gasteiger charge is 2.32. The highest BCUT2D eigenvalue weighted by molar-refractivity contribution is 9.10. The number of rotatable bonds is 4. The number of carbonyl (C=O) groups excluding carboxylic acids is 2. The first-order valence-electron chi connectivity index (χ1n) is 12.2. The number of halogens is 1. The second kappa shape index (κ2) is 10.0. The normalized spacial score (nSPS) is 14.8. The van der Waals surface area contributed by atoms with Crippen molar-refractivity contribution in [3.63, 3.8) is 0 Å². The van der Waals surface area contributed by atoms with Crippen molar-refractivity contribution < 1.29 is 9.59 Å². The summed E-state index contributed by atoms with van der Waals surface area (Å²) in [5.41, 5.74) is 4.29. The number of amides is 2. The van der Waals surface area contributed by atoms with E-state index in [-0.39, 0.29) is 30.0 Å². The second-order valence-corrected chi connectivity index (χ2v) is 10.3. The first-order valence-corrected chi connectivity index (χ1v) is 13.0. The topological polar surface area (TPSA) is 102 Å². The lowest BCUT2D eigenvalue weighted by Crippen LogP contribution is -2.46. The van der Waals surface area contributed by atoms with Crippen LogP contribution in [0.3, 0.4) is 0 Å². The molecule has 194 valence electrons. The SMILES string of the molecule is CNC(=O)c1ccc(-n2c(-n3ccc(C)n3)nc3c(c2=O)C[C@H](C)N(C(=O)c2ccc(Br)c(C)c2)C3)cc1. The van der Waals surface area contributed by atoms with E-state index >= 15 is 0 Å². The maximum atomic E-state index is 14.0. The van der Waals surface area contributed by atoms with E-state index in [1.165, 1.54) is 4.57 Å². The van der Waals surface area contributed by atoms with Gasteiger partial charge in [0, 0.05) is 40.4 Å². The summed E-state index contributed by atoms with van der Waals surface area (Å²) in [6, 6.07) is 13.9. The molecule has 0 spiro atoms. The van der Waals surface area contributed by atoms with Gasteiger partial charge in [-0.3, -0.25) is 14.4 Å². The monoisotopic (exact) mass is 574 g/mol. The van der Waals surface area contributed by atoms with E-state index in [0.29, 0.717) is 40.4 Å². The third kappa shape index (κ3) is 4.56. The Morgan fingerprint density at radius 2 is 1.76 bits per heavy atom. The molecular weight excluding hydrogens is 548 g/mol. The summed E-state index contributed by atoms with van der Waals surface area (Å²) in [6.07, 6.45) is 2.12. The molecule has 1 aliphatic heterocycles. The highest BCUT2D eigenvalue weighted by atomic mass is 79.9. The summed E-state index contributed by atoms with van der Waals surface area (Å²) in [5.74, 6) is -0.00285. The molecule has 2 aromatic heterocycles. The number of nitrogens with one attached hydrogen (secondary N) is 1. The highest BCUT2D eigenvalue weighted by Crippen LogP contribution is 2.25. The third-order valence-electron chi connectivity index (χ3n) is 6.80. The molecule has 3 heterocycles. The summed E-state index contributed by atoms with van der Waals surface area (Å²) in [7, 11) is 1.57. The van der Waals surface area contributed by atoms with Crippen LogP contribution in [0, 0.1) is 13.8 Å². The van der Waals surface area contributed by atoms with Gasteiger partial charge in [0.05, 0.1) is 23.6 Å². The van der Waals surface area contributed by atoms with Crippen molar-refractivity contribution in [3.05, 3.63) is 103 Å². The van der Waals surface area contributed by atoms with Crippen LogP contribution in [0.25, 0.3) is 11.6 Å². The fourth-order valence-corrected chi connectivity index (χ4v) is 4.93. The first-order chi connectivity index (χ1) is 18.2. The van der Waals surface area contributed by atoms with Gasteiger partial charge >= 0.3 is 0 Å². The van der Waals surface area contributed by atoms with Crippen LogP contribution in [0.5, 0.6) is 0 Å². The van der Waals surface area contributed by atoms with Gasteiger partial charge in [-0.1, -0.05) is 15.9 Å². The van der Waals surface area contributed by atoms with Gasteiger partial charge in [0.2, 0.25) is 5.95 Å². The van der Waals surface area contributed by atoms with Gasteiger partial charge in [0.1, 0.15) is 0 Å². The van der Waals surface area contributed by atoms with Gasteiger partial charge in [-0.05, 0) is 81.3 Å². The Hall–Kier alpha value is -4.05. The van der Waals surface area contributed by atoms with Crippen LogP contribution in [0.2, 0.25) is 0 Å². The van der Waals surface area contributed by atoms with Gasteiger partial charge < -0.3 is 10.2 Å². The predicted molar refractivity (Wildman–Crippen MR) is 147 cm³/mol. The molecule has 1 atom stereocenters. The van der Waals surface area contributed by atoms with Crippen molar-refractivity contribution in [1.82, 2.24) is 29.5 Å². The largest absolute Gasteiger partial charge is 0.355 e. The molecule has 0 aliphatic carbocycles. The van der Waals surface area contributed by atoms with E-state index in [1.807, 2.05) is 39.0 Å². The minimum absolute atomic E-state index is 0.106. The molecule has 2 aromatic carbocycles. The summed E-state index contributed by atoms with van der Waals surface area (Å²) in [4.78, 5) is 46.1. The molecule has 2 amide bonds. The molecule has 5 rings (SSSR count). The van der Waals surface area contributed by atoms with Gasteiger partial charge in [-0.2, -0.15) is 5.10 Å². The summed E-state index contributed by atoms with van der Waals surface area (Å²) < 4.78 is 4.02. The number of nitrogens with zero attached hydrogens (tertiary/aromatic N) is 5. The van der Waals surface area contributed by atoms with Crippen molar-refractivity contribution in [2.45, 2.75) is 39.8 Å². The van der Waals surface area contributed by atoms with Crippen molar-refractivity contribution >= 4 is 27.7 Å². The van der Waals surface area contributed by atoms with Crippen molar-refractivity contribution in [1.29, 1.82) is 0 Å². The van der Waals surface area contributed by atoms with Crippen LogP contribution in [0.1, 0.15) is 50.2 Å². The molecule has 0 radical (unpaired) electrons. The minimum atomic E-state index is -0.218. The molecule has 1 aliphatic rings. The molecule has 1 N–H and O–H groups in total. The Kier molecular flexibility index (Phi) is 6.75. The van der Waals surface area contributed by atoms with Gasteiger partial charge in [-0.25, -0.2) is 14.2 Å². The van der Waals surface area contributed by atoms with E-state index in [2.05, 4.69) is 26.3 Å². The minimum Gasteiger partial charge on any atom is -0.355 e. The number of benzene rings is 2. The van der Waals surface area contributed by atoms with Crippen LogP contribution in [0.15, 0.2) is 64.0 Å². The molecule has 0 saturated heterocycles. The Balaban J connectivity index is 1.61. The average molecular weight is 575 g/mol. The second-order valence-electron chi connectivity index (χ2n) is 9.46. The molecule has 10 heteroatoms. The summed E-state index contributed by atoms with van der Waals surface area (Å²) in [5, 5.41) is 7.10. The van der Waals surface area contributed by atoms with Crippen molar-refractivity contribution in [2.75, 3.05) is 7.05 Å². The van der Waals surface area contributed by atoms with Crippen LogP contribution in [-0.4, -0.2) is 49.1 Å². The lowest BCUT2D eigenvalue weighted by Gasteiger charge is -2.34. The molecule has 9 nitrogen and oxygen atoms in total. The van der Waals surface area contributed by atoms with Gasteiger partial charge in [0.15, 0.2) is 0 Å². The van der Waals surface area contributed by atoms with Crippen LogP contribution in [0.4, 0.5) is 0 Å². The lowest BCUT2D eigenvalue weighted by atomic mass is 9.98. The number of aromatic nitrogens is 4. The first kappa shape index (κ1) is 25.6. The van der Waals surface area contributed by atoms with Gasteiger partial charge in [0.25, 0.3) is 17.4 Å². The Bertz CT molecular complexity index is 1620. The van der Waals surface area contributed by atoms with E-state index in [4.69, 9.17) is 4.98 Å². The van der Waals surface area contributed by atoms with Gasteiger partial charge in [-0.15, -0.1) is 0 Å². The smallest absolute Gasteiger partial charge is 0.263 e. The van der Waals surface area contributed by atoms with Crippen LogP contribution < -0.4 is 10.9 Å². The van der Waals surface area contributed by atoms with Crippen molar-refractivity contribution in [3.8, 4) is 11.6 Å². The lowest BCUT2D eigenvalue weighted by molar-refractivity contribution is 0.0652. The standard InChI is InChI=1S/C28H27BrN6O3/c1-16-13-20(7-10-23(16)29)26(37)33-15-24-22(14-18(33)3)27(38)35(28(31-24)34-12-11-17(2)32-34)21-8-5-19(6-9-21)25(36)30-4/h5-13,18H,14-15H2,1-4H3,(H,30,36)/t18-/m0/s1. The van der Waals surface area contributed by atoms with E-state index < -0.39 is 0 Å². The average Bonchev–Trinajstić information content (AvgIpc) is 3.35. The zero-order valence-electron chi connectivity index (χ0n) is 21.5. The zero-order valence-corrected chi connectivity index (χ0v) is 23.1. The molecular formula is C28H27BrN6O3. The quantitative estimate of drug-likeness (QED) is 0.400. The Morgan fingerprint density at radius 1 is 1.05 bits per heavy atom. The summed E-state index contributed by atoms with van der Waals surface area (Å²) >= 11 is 3.49. The maximum Gasteiger partial charge on any atom is 0.263 e. The Morgan fingerprint density at radius 3 is 2.39 bits per heavy atom. The molecule has 38 heavy (non-hydrogen) atoms. The molecule has 0 fully saturated rings. The van der Waals surface area contributed by atoms with E-state index in [1.54, 1.807) is 53.2 Å². The van der Waals surface area contributed by atoms with Crippen LogP contribution >= 0.6 is 15.9 Å².